The van der Waals surface area contributed by atoms with E-state index in [0.717, 1.165) is 12.0 Å². The monoisotopic (exact) mass is 464 g/mol. The Balaban J connectivity index is 1.53. The van der Waals surface area contributed by atoms with Gasteiger partial charge in [-0.15, -0.1) is 11.6 Å². The van der Waals surface area contributed by atoms with Crippen LogP contribution in [0.2, 0.25) is 0 Å². The van der Waals surface area contributed by atoms with Gasteiger partial charge in [0.1, 0.15) is 12.2 Å². The second-order valence-corrected chi connectivity index (χ2v) is 12.2. The molecule has 6 aliphatic rings. The lowest BCUT2D eigenvalue weighted by molar-refractivity contribution is -0.270. The standard InChI is InChI=1S/C25H33ClO6/c1-15-9-18-21(3)7-5-16-10-17(27)6-8-20(16,2)24(21,26)19(28)11-22(18,4)25(15)23(31-14-32-25)12-29-13-30-23/h5-6,8,15,18-19,28H,7,9-14H2,1-4H3/t15-,18+,19+,20+,21+,22+,23?,24+,25-/m1/s1. The second-order valence-electron chi connectivity index (χ2n) is 11.6. The minimum atomic E-state index is -0.963. The van der Waals surface area contributed by atoms with E-state index in [2.05, 4.69) is 33.8 Å². The molecular weight excluding hydrogens is 432 g/mol. The molecule has 4 fully saturated rings. The summed E-state index contributed by atoms with van der Waals surface area (Å²) in [7, 11) is 0. The summed E-state index contributed by atoms with van der Waals surface area (Å²) in [6.07, 6.45) is 7.47. The van der Waals surface area contributed by atoms with Gasteiger partial charge in [-0.2, -0.15) is 0 Å². The van der Waals surface area contributed by atoms with E-state index in [0.29, 0.717) is 25.9 Å². The first-order chi connectivity index (χ1) is 15.0. The van der Waals surface area contributed by atoms with Crippen molar-refractivity contribution in [3.05, 3.63) is 23.8 Å². The van der Waals surface area contributed by atoms with Crippen molar-refractivity contribution in [1.82, 2.24) is 0 Å². The summed E-state index contributed by atoms with van der Waals surface area (Å²) in [6.45, 7) is 9.42. The van der Waals surface area contributed by atoms with Crippen molar-refractivity contribution in [2.45, 2.75) is 75.7 Å². The first-order valence-corrected chi connectivity index (χ1v) is 12.2. The van der Waals surface area contributed by atoms with Gasteiger partial charge >= 0.3 is 0 Å². The topological polar surface area (TPSA) is 74.2 Å². The van der Waals surface area contributed by atoms with Crippen LogP contribution in [0.15, 0.2) is 23.8 Å². The Labute approximate surface area is 194 Å². The molecule has 0 bridgehead atoms. The van der Waals surface area contributed by atoms with E-state index in [-0.39, 0.29) is 31.2 Å². The average molecular weight is 465 g/mol. The van der Waals surface area contributed by atoms with Crippen LogP contribution in [0.1, 0.15) is 53.4 Å². The number of ether oxygens (including phenoxy) is 4. The van der Waals surface area contributed by atoms with Gasteiger partial charge in [-0.05, 0) is 42.6 Å². The van der Waals surface area contributed by atoms with E-state index in [1.807, 2.05) is 6.08 Å². The maximum atomic E-state index is 12.2. The van der Waals surface area contributed by atoms with Gasteiger partial charge < -0.3 is 24.1 Å². The van der Waals surface area contributed by atoms with Gasteiger partial charge in [-0.3, -0.25) is 4.79 Å². The number of carbonyl (C=O) groups is 1. The molecule has 2 saturated heterocycles. The molecular formula is C25H33ClO6. The molecule has 0 radical (unpaired) electrons. The van der Waals surface area contributed by atoms with E-state index in [1.165, 1.54) is 0 Å². The third-order valence-corrected chi connectivity index (χ3v) is 11.6. The van der Waals surface area contributed by atoms with Crippen LogP contribution in [0.4, 0.5) is 0 Å². The predicted octanol–water partition coefficient (Wildman–Crippen LogP) is 3.71. The van der Waals surface area contributed by atoms with Crippen LogP contribution in [0, 0.1) is 28.1 Å². The maximum Gasteiger partial charge on any atom is 0.227 e. The third kappa shape index (κ3) is 2.03. The van der Waals surface area contributed by atoms with Crippen molar-refractivity contribution in [2.75, 3.05) is 20.2 Å². The smallest absolute Gasteiger partial charge is 0.227 e. The normalized spacial score (nSPS) is 58.8. The minimum Gasteiger partial charge on any atom is -0.391 e. The average Bonchev–Trinajstić information content (AvgIpc) is 3.43. The predicted molar refractivity (Wildman–Crippen MR) is 117 cm³/mol. The van der Waals surface area contributed by atoms with Crippen molar-refractivity contribution in [1.29, 1.82) is 0 Å². The van der Waals surface area contributed by atoms with Crippen molar-refractivity contribution >= 4 is 17.4 Å². The van der Waals surface area contributed by atoms with Gasteiger partial charge in [0.25, 0.3) is 0 Å². The van der Waals surface area contributed by atoms with Crippen LogP contribution in [0.5, 0.6) is 0 Å². The fourth-order valence-corrected chi connectivity index (χ4v) is 9.71. The fraction of sp³-hybridized carbons (Fsp3) is 0.800. The molecule has 1 N–H and O–H groups in total. The molecule has 176 valence electrons. The van der Waals surface area contributed by atoms with Crippen LogP contribution in [0.3, 0.4) is 0 Å². The number of hydrogen-bond acceptors (Lipinski definition) is 6. The number of rotatable bonds is 0. The van der Waals surface area contributed by atoms with E-state index >= 15 is 0 Å². The van der Waals surface area contributed by atoms with Crippen molar-refractivity contribution < 1.29 is 28.8 Å². The summed E-state index contributed by atoms with van der Waals surface area (Å²) < 4.78 is 24.4. The molecule has 32 heavy (non-hydrogen) atoms. The van der Waals surface area contributed by atoms with Gasteiger partial charge in [-0.25, -0.2) is 0 Å². The fourth-order valence-electron chi connectivity index (χ4n) is 9.24. The third-order valence-electron chi connectivity index (χ3n) is 10.6. The van der Waals surface area contributed by atoms with Gasteiger partial charge in [-0.1, -0.05) is 45.4 Å². The summed E-state index contributed by atoms with van der Waals surface area (Å²) in [6, 6.07) is 0. The molecule has 6 nitrogen and oxygen atoms in total. The summed E-state index contributed by atoms with van der Waals surface area (Å²) in [5.41, 5.74) is -1.14. The molecule has 9 atom stereocenters. The molecule has 2 aliphatic heterocycles. The van der Waals surface area contributed by atoms with E-state index < -0.39 is 38.6 Å². The largest absolute Gasteiger partial charge is 0.391 e. The highest BCUT2D eigenvalue weighted by Crippen LogP contribution is 2.78. The molecule has 0 aromatic heterocycles. The van der Waals surface area contributed by atoms with E-state index in [9.17, 15) is 9.90 Å². The first kappa shape index (κ1) is 21.8. The zero-order valence-corrected chi connectivity index (χ0v) is 20.0. The van der Waals surface area contributed by atoms with Gasteiger partial charge in [0.15, 0.2) is 19.4 Å². The quantitative estimate of drug-likeness (QED) is 0.435. The molecule has 0 aromatic carbocycles. The van der Waals surface area contributed by atoms with Crippen LogP contribution >= 0.6 is 11.6 Å². The van der Waals surface area contributed by atoms with Gasteiger partial charge in [0.05, 0.1) is 11.0 Å². The highest BCUT2D eigenvalue weighted by Gasteiger charge is 2.83. The number of allylic oxidation sites excluding steroid dienone is 4. The Kier molecular flexibility index (Phi) is 4.26. The highest BCUT2D eigenvalue weighted by atomic mass is 35.5. The minimum absolute atomic E-state index is 0.0954. The second kappa shape index (κ2) is 6.27. The molecule has 2 saturated carbocycles. The summed E-state index contributed by atoms with van der Waals surface area (Å²) in [5.74, 6) is -0.576. The van der Waals surface area contributed by atoms with Gasteiger partial charge in [0.2, 0.25) is 5.79 Å². The SMILES string of the molecule is C[C@@H]1C[C@H]2[C@]3(C)CC=C4CC(=O)C=C[C@]4(C)[C@@]3(Cl)[C@@H](O)C[C@]2(C)[C@]12OCOC21COCO1. The molecule has 0 aromatic rings. The lowest BCUT2D eigenvalue weighted by Gasteiger charge is -2.68. The number of halogens is 1. The van der Waals surface area contributed by atoms with Crippen molar-refractivity contribution in [3.63, 3.8) is 0 Å². The number of hydrogen-bond donors (Lipinski definition) is 1. The molecule has 2 spiro atoms. The Morgan fingerprint density at radius 1 is 1.12 bits per heavy atom. The molecule has 1 unspecified atom stereocenters. The Morgan fingerprint density at radius 2 is 1.88 bits per heavy atom. The molecule has 2 heterocycles. The van der Waals surface area contributed by atoms with Crippen LogP contribution in [0.25, 0.3) is 0 Å². The molecule has 4 aliphatic carbocycles. The zero-order valence-electron chi connectivity index (χ0n) is 19.3. The number of ketones is 1. The lowest BCUT2D eigenvalue weighted by Crippen LogP contribution is -2.74. The van der Waals surface area contributed by atoms with Gasteiger partial charge in [0, 0.05) is 17.3 Å². The number of aliphatic hydroxyl groups is 1. The van der Waals surface area contributed by atoms with Crippen molar-refractivity contribution in [2.24, 2.45) is 28.1 Å². The molecule has 7 heteroatoms. The zero-order chi connectivity index (χ0) is 22.8. The van der Waals surface area contributed by atoms with Crippen LogP contribution in [-0.2, 0) is 23.7 Å². The molecule has 6 rings (SSSR count). The van der Waals surface area contributed by atoms with E-state index in [1.54, 1.807) is 6.08 Å². The Hall–Kier alpha value is -0.760. The summed E-state index contributed by atoms with van der Waals surface area (Å²) in [5, 5.41) is 11.9. The van der Waals surface area contributed by atoms with Crippen molar-refractivity contribution in [3.8, 4) is 0 Å². The first-order valence-electron chi connectivity index (χ1n) is 11.8. The summed E-state index contributed by atoms with van der Waals surface area (Å²) >= 11 is 7.67. The summed E-state index contributed by atoms with van der Waals surface area (Å²) in [4.78, 5) is 11.3. The van der Waals surface area contributed by atoms with E-state index in [4.69, 9.17) is 30.5 Å². The number of fused-ring (bicyclic) bond motifs is 7. The Morgan fingerprint density at radius 3 is 2.59 bits per heavy atom. The number of carbonyl (C=O) groups excluding carboxylic acids is 1. The van der Waals surface area contributed by atoms with Crippen LogP contribution in [-0.4, -0.2) is 53.4 Å². The maximum absolute atomic E-state index is 12.2. The number of aliphatic hydroxyl groups excluding tert-OH is 1. The lowest BCUT2D eigenvalue weighted by atomic mass is 9.40. The number of alkyl halides is 1. The molecule has 0 amide bonds. The van der Waals surface area contributed by atoms with Crippen LogP contribution < -0.4 is 0 Å². The Bertz CT molecular complexity index is 935. The highest BCUT2D eigenvalue weighted by molar-refractivity contribution is 6.26.